The number of sulfone groups is 1. The first-order chi connectivity index (χ1) is 16.8. The Hall–Kier alpha value is -3.82. The van der Waals surface area contributed by atoms with Crippen molar-refractivity contribution in [2.75, 3.05) is 17.8 Å². The lowest BCUT2D eigenvalue weighted by Gasteiger charge is -2.12. The molecular weight excluding hydrogens is 484 g/mol. The van der Waals surface area contributed by atoms with Crippen LogP contribution in [0.4, 0.5) is 16.4 Å². The lowest BCUT2D eigenvalue weighted by atomic mass is 10.1. The monoisotopic (exact) mass is 506 g/mol. The Morgan fingerprint density at radius 2 is 1.71 bits per heavy atom. The van der Waals surface area contributed by atoms with Gasteiger partial charge in [-0.25, -0.2) is 8.42 Å². The average molecular weight is 507 g/mol. The number of ketones is 1. The maximum absolute atomic E-state index is 13.7. The number of nitrogen functional groups attached to an aromatic ring is 1. The number of carbonyl (C=O) groups is 1. The minimum Gasteiger partial charge on any atom is -0.454 e. The summed E-state index contributed by atoms with van der Waals surface area (Å²) in [5, 5.41) is 3.51. The highest BCUT2D eigenvalue weighted by atomic mass is 32.2. The van der Waals surface area contributed by atoms with Gasteiger partial charge in [0.05, 0.1) is 10.6 Å². The highest BCUT2D eigenvalue weighted by molar-refractivity contribution is 7.92. The third-order valence-corrected chi connectivity index (χ3v) is 8.81. The van der Waals surface area contributed by atoms with Crippen molar-refractivity contribution in [3.63, 3.8) is 0 Å². The number of benzene rings is 3. The smallest absolute Gasteiger partial charge is 0.231 e. The fraction of sp³-hybridized carbons (Fsp3) is 0.115. The molecule has 0 unspecified atom stereocenters. The van der Waals surface area contributed by atoms with Crippen LogP contribution in [0.2, 0.25) is 0 Å². The normalized spacial score (nSPS) is 12.5. The number of thiophene rings is 1. The van der Waals surface area contributed by atoms with Crippen molar-refractivity contribution in [1.29, 1.82) is 0 Å². The van der Waals surface area contributed by atoms with Gasteiger partial charge >= 0.3 is 0 Å². The van der Waals surface area contributed by atoms with E-state index >= 15 is 0 Å². The van der Waals surface area contributed by atoms with Crippen molar-refractivity contribution in [2.24, 2.45) is 0 Å². The summed E-state index contributed by atoms with van der Waals surface area (Å²) in [6, 6.07) is 18.7. The van der Waals surface area contributed by atoms with Crippen molar-refractivity contribution in [3.05, 3.63) is 88.3 Å². The Labute approximate surface area is 207 Å². The fourth-order valence-corrected chi connectivity index (χ4v) is 6.77. The zero-order valence-electron chi connectivity index (χ0n) is 19.0. The molecule has 0 fully saturated rings. The van der Waals surface area contributed by atoms with Gasteiger partial charge in [-0.1, -0.05) is 30.3 Å². The third kappa shape index (κ3) is 4.13. The van der Waals surface area contributed by atoms with Gasteiger partial charge in [0.15, 0.2) is 11.5 Å². The molecule has 0 atom stereocenters. The van der Waals surface area contributed by atoms with Gasteiger partial charge < -0.3 is 20.5 Å². The predicted molar refractivity (Wildman–Crippen MR) is 136 cm³/mol. The van der Waals surface area contributed by atoms with Crippen LogP contribution in [0.1, 0.15) is 26.4 Å². The zero-order chi connectivity index (χ0) is 24.7. The molecule has 1 aliphatic rings. The molecular formula is C26H22N2O5S2. The summed E-state index contributed by atoms with van der Waals surface area (Å²) in [5.41, 5.74) is 9.32. The molecule has 0 spiro atoms. The summed E-state index contributed by atoms with van der Waals surface area (Å²) >= 11 is 1.02. The highest BCUT2D eigenvalue weighted by Crippen LogP contribution is 2.45. The van der Waals surface area contributed by atoms with Crippen LogP contribution in [0.5, 0.6) is 11.5 Å². The predicted octanol–water partition coefficient (Wildman–Crippen LogP) is 5.48. The second-order valence-corrected chi connectivity index (χ2v) is 11.1. The Morgan fingerprint density at radius 3 is 2.49 bits per heavy atom. The largest absolute Gasteiger partial charge is 0.454 e. The lowest BCUT2D eigenvalue weighted by Crippen LogP contribution is -2.08. The van der Waals surface area contributed by atoms with E-state index in [2.05, 4.69) is 5.32 Å². The quantitative estimate of drug-likeness (QED) is 0.333. The van der Waals surface area contributed by atoms with Crippen LogP contribution in [0.25, 0.3) is 0 Å². The van der Waals surface area contributed by atoms with E-state index in [0.717, 1.165) is 28.2 Å². The second-order valence-electron chi connectivity index (χ2n) is 8.16. The van der Waals surface area contributed by atoms with E-state index in [9.17, 15) is 13.2 Å². The zero-order valence-corrected chi connectivity index (χ0v) is 20.6. The van der Waals surface area contributed by atoms with E-state index < -0.39 is 15.6 Å². The number of hydrogen-bond donors (Lipinski definition) is 2. The average Bonchev–Trinajstić information content (AvgIpc) is 3.45. The molecule has 0 bridgehead atoms. The summed E-state index contributed by atoms with van der Waals surface area (Å²) in [5.74, 6) is 0.603. The van der Waals surface area contributed by atoms with Crippen LogP contribution in [0.3, 0.4) is 0 Å². The van der Waals surface area contributed by atoms with Gasteiger partial charge in [0.2, 0.25) is 22.4 Å². The highest BCUT2D eigenvalue weighted by Gasteiger charge is 2.32. The maximum atomic E-state index is 13.7. The first kappa shape index (κ1) is 22.9. The topological polar surface area (TPSA) is 108 Å². The molecule has 0 radical (unpaired) electrons. The van der Waals surface area contributed by atoms with Crippen LogP contribution >= 0.6 is 11.3 Å². The second kappa shape index (κ2) is 8.75. The molecule has 7 nitrogen and oxygen atoms in total. The molecule has 3 N–H and O–H groups in total. The number of aryl methyl sites for hydroxylation is 2. The van der Waals surface area contributed by atoms with Gasteiger partial charge in [-0.3, -0.25) is 4.79 Å². The van der Waals surface area contributed by atoms with Gasteiger partial charge in [0.25, 0.3) is 0 Å². The molecule has 0 saturated carbocycles. The number of ether oxygens (including phenoxy) is 2. The third-order valence-electron chi connectivity index (χ3n) is 5.70. The van der Waals surface area contributed by atoms with Crippen LogP contribution < -0.4 is 20.5 Å². The van der Waals surface area contributed by atoms with E-state index in [1.165, 1.54) is 12.1 Å². The summed E-state index contributed by atoms with van der Waals surface area (Å²) in [6.45, 7) is 3.95. The molecule has 0 aliphatic carbocycles. The molecule has 5 rings (SSSR count). The first-order valence-corrected chi connectivity index (χ1v) is 13.1. The Morgan fingerprint density at radius 1 is 0.971 bits per heavy atom. The van der Waals surface area contributed by atoms with Gasteiger partial charge in [0.1, 0.15) is 14.8 Å². The van der Waals surface area contributed by atoms with Crippen molar-refractivity contribution in [3.8, 4) is 11.5 Å². The molecule has 35 heavy (non-hydrogen) atoms. The molecule has 178 valence electrons. The minimum absolute atomic E-state index is 0.0809. The molecule has 1 aromatic heterocycles. The number of nitrogens with one attached hydrogen (secondary N) is 1. The fourth-order valence-electron chi connectivity index (χ4n) is 3.83. The van der Waals surface area contributed by atoms with E-state index in [1.54, 1.807) is 36.4 Å². The van der Waals surface area contributed by atoms with Gasteiger partial charge in [-0.05, 0) is 61.4 Å². The van der Waals surface area contributed by atoms with Gasteiger partial charge in [-0.2, -0.15) is 0 Å². The van der Waals surface area contributed by atoms with Gasteiger partial charge in [0, 0.05) is 11.3 Å². The van der Waals surface area contributed by atoms with Crippen LogP contribution in [0, 0.1) is 13.8 Å². The molecule has 3 aromatic carbocycles. The van der Waals surface area contributed by atoms with E-state index in [0.29, 0.717) is 17.1 Å². The van der Waals surface area contributed by atoms with Crippen molar-refractivity contribution in [1.82, 2.24) is 0 Å². The van der Waals surface area contributed by atoms with Crippen LogP contribution in [0.15, 0.2) is 76.5 Å². The Balaban J connectivity index is 1.66. The van der Waals surface area contributed by atoms with Crippen molar-refractivity contribution >= 4 is 43.3 Å². The van der Waals surface area contributed by atoms with Crippen molar-refractivity contribution in [2.45, 2.75) is 23.6 Å². The number of hydrogen-bond acceptors (Lipinski definition) is 8. The van der Waals surface area contributed by atoms with Crippen LogP contribution in [-0.4, -0.2) is 21.0 Å². The summed E-state index contributed by atoms with van der Waals surface area (Å²) in [4.78, 5) is 13.6. The number of anilines is 3. The number of nitrogens with two attached hydrogens (primary N) is 1. The number of carbonyl (C=O) groups excluding carboxylic acids is 1. The lowest BCUT2D eigenvalue weighted by molar-refractivity contribution is 0.104. The van der Waals surface area contributed by atoms with Crippen molar-refractivity contribution < 1.29 is 22.7 Å². The standard InChI is InChI=1S/C26H22N2O5S2/c1-15-8-9-16(2)19(12-15)28-26-25(35(30,31)18-6-4-3-5-7-18)22(27)24(34-26)23(29)17-10-11-20-21(13-17)33-14-32-20/h3-13,28H,14,27H2,1-2H3. The first-order valence-electron chi connectivity index (χ1n) is 10.8. The summed E-state index contributed by atoms with van der Waals surface area (Å²) < 4.78 is 38.1. The van der Waals surface area contributed by atoms with E-state index in [4.69, 9.17) is 15.2 Å². The summed E-state index contributed by atoms with van der Waals surface area (Å²) in [6.07, 6.45) is 0. The minimum atomic E-state index is -4.02. The van der Waals surface area contributed by atoms with Gasteiger partial charge in [-0.15, -0.1) is 11.3 Å². The summed E-state index contributed by atoms with van der Waals surface area (Å²) in [7, 11) is -4.02. The Kier molecular flexibility index (Phi) is 5.74. The maximum Gasteiger partial charge on any atom is 0.231 e. The SMILES string of the molecule is Cc1ccc(C)c(Nc2sc(C(=O)c3ccc4c(c3)OCO4)c(N)c2S(=O)(=O)c2ccccc2)c1. The van der Waals surface area contributed by atoms with E-state index in [-0.39, 0.29) is 32.1 Å². The molecule has 0 amide bonds. The number of rotatable bonds is 6. The Bertz CT molecular complexity index is 1560. The van der Waals surface area contributed by atoms with E-state index in [1.807, 2.05) is 32.0 Å². The number of fused-ring (bicyclic) bond motifs is 1. The molecule has 2 heterocycles. The van der Waals surface area contributed by atoms with Crippen LogP contribution in [-0.2, 0) is 9.84 Å². The molecule has 4 aromatic rings. The molecule has 0 saturated heterocycles. The molecule has 1 aliphatic heterocycles. The molecule has 9 heteroatoms.